The first kappa shape index (κ1) is 18.3. The number of β-amino-alcohol motifs (C(OH)–C–C–N with tert-alkyl or cyclic N) is 1. The molecule has 1 unspecified atom stereocenters. The van der Waals surface area contributed by atoms with E-state index in [2.05, 4.69) is 5.32 Å². The smallest absolute Gasteiger partial charge is 0.395 e. The average Bonchev–Trinajstić information content (AvgIpc) is 2.58. The number of aryl methyl sites for hydroxylation is 1. The van der Waals surface area contributed by atoms with Gasteiger partial charge in [0.2, 0.25) is 5.66 Å². The number of carbonyl (C=O) groups excluding carboxylic acids is 1. The van der Waals surface area contributed by atoms with Crippen molar-refractivity contribution in [3.05, 3.63) is 65.2 Å². The molecule has 0 fully saturated rings. The number of anilines is 1. The summed E-state index contributed by atoms with van der Waals surface area (Å²) in [6.07, 6.45) is -5.19. The van der Waals surface area contributed by atoms with Gasteiger partial charge in [-0.3, -0.25) is 4.79 Å². The Kier molecular flexibility index (Phi) is 4.66. The van der Waals surface area contributed by atoms with Crippen molar-refractivity contribution in [1.29, 1.82) is 0 Å². The molecule has 0 saturated carbocycles. The molecule has 1 aliphatic rings. The van der Waals surface area contributed by atoms with Crippen LogP contribution >= 0.6 is 0 Å². The highest BCUT2D eigenvalue weighted by atomic mass is 19.4. The molecule has 2 N–H and O–H groups in total. The summed E-state index contributed by atoms with van der Waals surface area (Å²) in [6, 6.07) is 12.8. The van der Waals surface area contributed by atoms with E-state index >= 15 is 0 Å². The molecule has 1 atom stereocenters. The molecule has 2 aromatic rings. The minimum Gasteiger partial charge on any atom is -0.395 e. The van der Waals surface area contributed by atoms with Crippen molar-refractivity contribution in [3.63, 3.8) is 0 Å². The summed E-state index contributed by atoms with van der Waals surface area (Å²) < 4.78 is 42.9. The average molecular weight is 364 g/mol. The Morgan fingerprint density at radius 1 is 1.19 bits per heavy atom. The number of fused-ring (bicyclic) bond motifs is 1. The number of nitrogens with one attached hydrogen (secondary N) is 1. The van der Waals surface area contributed by atoms with E-state index in [-0.39, 0.29) is 11.3 Å². The zero-order valence-electron chi connectivity index (χ0n) is 14.2. The van der Waals surface area contributed by atoms with Gasteiger partial charge in [0.15, 0.2) is 0 Å². The molecule has 3 rings (SSSR count). The van der Waals surface area contributed by atoms with Gasteiger partial charge in [-0.05, 0) is 30.7 Å². The van der Waals surface area contributed by atoms with Crippen molar-refractivity contribution >= 4 is 11.6 Å². The fourth-order valence-electron chi connectivity index (χ4n) is 3.36. The van der Waals surface area contributed by atoms with Crippen LogP contribution in [0.3, 0.4) is 0 Å². The van der Waals surface area contributed by atoms with Crippen molar-refractivity contribution < 1.29 is 23.1 Å². The molecule has 26 heavy (non-hydrogen) atoms. The molecule has 0 spiro atoms. The van der Waals surface area contributed by atoms with Crippen LogP contribution in [0.15, 0.2) is 48.5 Å². The van der Waals surface area contributed by atoms with Gasteiger partial charge in [0.25, 0.3) is 5.91 Å². The Hall–Kier alpha value is -2.54. The van der Waals surface area contributed by atoms with Gasteiger partial charge in [0.05, 0.1) is 6.61 Å². The summed E-state index contributed by atoms with van der Waals surface area (Å²) in [4.78, 5) is 13.5. The lowest BCUT2D eigenvalue weighted by Crippen LogP contribution is -2.69. The monoisotopic (exact) mass is 364 g/mol. The minimum atomic E-state index is -4.75. The fraction of sp³-hybridized carbons (Fsp3) is 0.316. The van der Waals surface area contributed by atoms with Crippen LogP contribution in [0.5, 0.6) is 0 Å². The van der Waals surface area contributed by atoms with E-state index in [4.69, 9.17) is 0 Å². The largest absolute Gasteiger partial charge is 0.430 e. The van der Waals surface area contributed by atoms with Gasteiger partial charge in [-0.25, -0.2) is 0 Å². The molecule has 0 saturated heterocycles. The molecule has 138 valence electrons. The number of halogens is 3. The third kappa shape index (κ3) is 3.03. The van der Waals surface area contributed by atoms with Gasteiger partial charge in [0.1, 0.15) is 0 Å². The maximum Gasteiger partial charge on any atom is 0.430 e. The first-order valence-corrected chi connectivity index (χ1v) is 8.21. The normalized spacial score (nSPS) is 20.0. The number of aliphatic hydroxyl groups is 1. The summed E-state index contributed by atoms with van der Waals surface area (Å²) in [7, 11) is 0. The standard InChI is InChI=1S/C19H19F3N2O2/c1-13-7-8-16-14(11-13)12-18(19(20,21)22,24(9-10-25)17(16)26)23-15-5-3-2-4-6-15/h2-8,11,23,25H,9-10,12H2,1H3. The van der Waals surface area contributed by atoms with Crippen LogP contribution in [0.4, 0.5) is 18.9 Å². The van der Waals surface area contributed by atoms with Crippen LogP contribution < -0.4 is 5.32 Å². The van der Waals surface area contributed by atoms with Gasteiger partial charge >= 0.3 is 6.18 Å². The Morgan fingerprint density at radius 2 is 1.88 bits per heavy atom. The van der Waals surface area contributed by atoms with Crippen molar-refractivity contribution in [1.82, 2.24) is 4.90 Å². The molecule has 7 heteroatoms. The lowest BCUT2D eigenvalue weighted by atomic mass is 9.86. The summed E-state index contributed by atoms with van der Waals surface area (Å²) in [6.45, 7) is 0.775. The fourth-order valence-corrected chi connectivity index (χ4v) is 3.36. The number of benzene rings is 2. The second kappa shape index (κ2) is 6.64. The third-order valence-corrected chi connectivity index (χ3v) is 4.56. The Bertz CT molecular complexity index is 808. The molecular weight excluding hydrogens is 345 g/mol. The number of nitrogens with zero attached hydrogens (tertiary/aromatic N) is 1. The van der Waals surface area contributed by atoms with Gasteiger partial charge in [-0.2, -0.15) is 13.2 Å². The van der Waals surface area contributed by atoms with E-state index in [0.717, 1.165) is 5.56 Å². The van der Waals surface area contributed by atoms with Crippen LogP contribution in [-0.4, -0.2) is 40.9 Å². The SMILES string of the molecule is Cc1ccc2c(c1)CC(Nc1ccccc1)(C(F)(F)F)N(CCO)C2=O. The third-order valence-electron chi connectivity index (χ3n) is 4.56. The van der Waals surface area contributed by atoms with Crippen LogP contribution in [0.25, 0.3) is 0 Å². The number of hydrogen-bond acceptors (Lipinski definition) is 3. The number of amides is 1. The quantitative estimate of drug-likeness (QED) is 0.875. The zero-order valence-corrected chi connectivity index (χ0v) is 14.2. The van der Waals surface area contributed by atoms with Crippen molar-refractivity contribution in [2.75, 3.05) is 18.5 Å². The number of rotatable bonds is 4. The molecule has 1 heterocycles. The molecular formula is C19H19F3N2O2. The van der Waals surface area contributed by atoms with Gasteiger partial charge in [-0.1, -0.05) is 35.9 Å². The number of alkyl halides is 3. The lowest BCUT2D eigenvalue weighted by Gasteiger charge is -2.48. The number of aliphatic hydroxyl groups excluding tert-OH is 1. The Labute approximate surface area is 149 Å². The summed E-state index contributed by atoms with van der Waals surface area (Å²) in [5.74, 6) is -0.749. The number of carbonyl (C=O) groups is 1. The van der Waals surface area contributed by atoms with Crippen molar-refractivity contribution in [2.24, 2.45) is 0 Å². The number of para-hydroxylation sites is 1. The van der Waals surface area contributed by atoms with Crippen LogP contribution in [0.1, 0.15) is 21.5 Å². The molecule has 0 radical (unpaired) electrons. The van der Waals surface area contributed by atoms with Crippen LogP contribution in [-0.2, 0) is 6.42 Å². The van der Waals surface area contributed by atoms with E-state index in [1.807, 2.05) is 0 Å². The summed E-state index contributed by atoms with van der Waals surface area (Å²) in [5, 5.41) is 11.8. The van der Waals surface area contributed by atoms with E-state index in [1.165, 1.54) is 12.1 Å². The van der Waals surface area contributed by atoms with Gasteiger partial charge in [0, 0.05) is 24.2 Å². The molecule has 4 nitrogen and oxygen atoms in total. The molecule has 0 aliphatic carbocycles. The maximum atomic E-state index is 14.3. The predicted molar refractivity (Wildman–Crippen MR) is 91.9 cm³/mol. The zero-order chi connectivity index (χ0) is 18.9. The minimum absolute atomic E-state index is 0.235. The molecule has 1 aliphatic heterocycles. The highest BCUT2D eigenvalue weighted by Gasteiger charge is 2.62. The summed E-state index contributed by atoms with van der Waals surface area (Å²) in [5.41, 5.74) is -1.03. The van der Waals surface area contributed by atoms with Gasteiger partial charge in [-0.15, -0.1) is 0 Å². The van der Waals surface area contributed by atoms with Crippen LogP contribution in [0, 0.1) is 6.92 Å². The molecule has 0 bridgehead atoms. The topological polar surface area (TPSA) is 52.6 Å². The molecule has 0 aromatic heterocycles. The Morgan fingerprint density at radius 3 is 2.50 bits per heavy atom. The highest BCUT2D eigenvalue weighted by molar-refractivity contribution is 5.98. The highest BCUT2D eigenvalue weighted by Crippen LogP contribution is 2.43. The number of hydrogen-bond donors (Lipinski definition) is 2. The van der Waals surface area contributed by atoms with E-state index in [9.17, 15) is 23.1 Å². The maximum absolute atomic E-state index is 14.3. The Balaban J connectivity index is 2.17. The van der Waals surface area contributed by atoms with E-state index in [1.54, 1.807) is 43.3 Å². The lowest BCUT2D eigenvalue weighted by molar-refractivity contribution is -0.216. The van der Waals surface area contributed by atoms with E-state index in [0.29, 0.717) is 10.5 Å². The summed E-state index contributed by atoms with van der Waals surface area (Å²) >= 11 is 0. The predicted octanol–water partition coefficient (Wildman–Crippen LogP) is 3.36. The van der Waals surface area contributed by atoms with Crippen molar-refractivity contribution in [3.8, 4) is 0 Å². The van der Waals surface area contributed by atoms with Gasteiger partial charge < -0.3 is 15.3 Å². The van der Waals surface area contributed by atoms with Crippen molar-refractivity contribution in [2.45, 2.75) is 25.2 Å². The second-order valence-electron chi connectivity index (χ2n) is 6.37. The molecule has 2 aromatic carbocycles. The second-order valence-corrected chi connectivity index (χ2v) is 6.37. The first-order valence-electron chi connectivity index (χ1n) is 8.21. The van der Waals surface area contributed by atoms with E-state index < -0.39 is 37.3 Å². The first-order chi connectivity index (χ1) is 12.3. The van der Waals surface area contributed by atoms with Crippen LogP contribution in [0.2, 0.25) is 0 Å². The molecule has 1 amide bonds.